The number of imidazole rings is 1. The second kappa shape index (κ2) is 9.65. The molecule has 0 radical (unpaired) electrons. The molecule has 1 aliphatic heterocycles. The van der Waals surface area contributed by atoms with Crippen LogP contribution < -0.4 is 15.7 Å². The summed E-state index contributed by atoms with van der Waals surface area (Å²) in [7, 11) is 1.72. The van der Waals surface area contributed by atoms with Gasteiger partial charge in [-0.25, -0.2) is 4.79 Å². The molecule has 2 N–H and O–H groups in total. The fourth-order valence-corrected chi connectivity index (χ4v) is 3.83. The second-order valence-electron chi connectivity index (χ2n) is 7.19. The van der Waals surface area contributed by atoms with Crippen LogP contribution in [0.15, 0.2) is 29.1 Å². The molecule has 3 rings (SSSR count). The molecular weight excluding hydrogens is 342 g/mol. The highest BCUT2D eigenvalue weighted by Crippen LogP contribution is 2.23. The van der Waals surface area contributed by atoms with Crippen LogP contribution in [0.1, 0.15) is 43.4 Å². The predicted octanol–water partition coefficient (Wildman–Crippen LogP) is 2.70. The lowest BCUT2D eigenvalue weighted by Crippen LogP contribution is -2.24. The zero-order chi connectivity index (χ0) is 19.1. The van der Waals surface area contributed by atoms with E-state index in [-0.39, 0.29) is 11.6 Å². The van der Waals surface area contributed by atoms with Gasteiger partial charge in [-0.15, -0.1) is 0 Å². The highest BCUT2D eigenvalue weighted by atomic mass is 16.5. The van der Waals surface area contributed by atoms with Crippen LogP contribution in [-0.2, 0) is 25.9 Å². The second-order valence-corrected chi connectivity index (χ2v) is 7.19. The number of hydrogen-bond acceptors (Lipinski definition) is 4. The summed E-state index contributed by atoms with van der Waals surface area (Å²) in [6.45, 7) is 3.28. The third-order valence-corrected chi connectivity index (χ3v) is 5.32. The Kier molecular flexibility index (Phi) is 6.98. The van der Waals surface area contributed by atoms with Gasteiger partial charge in [0.15, 0.2) is 0 Å². The summed E-state index contributed by atoms with van der Waals surface area (Å²) in [6, 6.07) is 8.19. The van der Waals surface area contributed by atoms with Crippen molar-refractivity contribution in [2.45, 2.75) is 58.0 Å². The maximum Gasteiger partial charge on any atom is 0.331 e. The lowest BCUT2D eigenvalue weighted by atomic mass is 10.1. The predicted molar refractivity (Wildman–Crippen MR) is 107 cm³/mol. The van der Waals surface area contributed by atoms with E-state index < -0.39 is 0 Å². The zero-order valence-corrected chi connectivity index (χ0v) is 16.2. The number of unbranched alkanes of at least 4 members (excludes halogenated alkanes) is 2. The minimum Gasteiger partial charge on any atom is -0.496 e. The number of hydrogen-bond donors (Lipinski definition) is 2. The van der Waals surface area contributed by atoms with Crippen LogP contribution in [0, 0.1) is 0 Å². The number of aryl methyl sites for hydroxylation is 1. The van der Waals surface area contributed by atoms with Crippen molar-refractivity contribution in [3.05, 3.63) is 46.0 Å². The van der Waals surface area contributed by atoms with Gasteiger partial charge in [0, 0.05) is 13.1 Å². The first-order valence-electron chi connectivity index (χ1n) is 10.1. The topological polar surface area (TPSA) is 68.4 Å². The summed E-state index contributed by atoms with van der Waals surface area (Å²) in [6.07, 6.45) is 6.96. The van der Waals surface area contributed by atoms with Crippen molar-refractivity contribution in [3.63, 3.8) is 0 Å². The van der Waals surface area contributed by atoms with E-state index >= 15 is 0 Å². The molecule has 6 heteroatoms. The van der Waals surface area contributed by atoms with Gasteiger partial charge in [0.1, 0.15) is 5.75 Å². The van der Waals surface area contributed by atoms with Gasteiger partial charge in [-0.2, -0.15) is 0 Å². The molecule has 1 aliphatic rings. The number of nitrogens with zero attached hydrogens (tertiary/aromatic N) is 2. The van der Waals surface area contributed by atoms with Crippen LogP contribution in [0.5, 0.6) is 11.6 Å². The minimum atomic E-state index is -0.0516. The van der Waals surface area contributed by atoms with Crippen molar-refractivity contribution in [1.82, 2.24) is 14.5 Å². The Balaban J connectivity index is 1.27. The Morgan fingerprint density at radius 1 is 1.15 bits per heavy atom. The van der Waals surface area contributed by atoms with E-state index in [4.69, 9.17) is 4.74 Å². The van der Waals surface area contributed by atoms with Gasteiger partial charge in [0.05, 0.1) is 12.8 Å². The van der Waals surface area contributed by atoms with Crippen LogP contribution in [-0.4, -0.2) is 34.4 Å². The Labute approximate surface area is 160 Å². The quantitative estimate of drug-likeness (QED) is 0.594. The van der Waals surface area contributed by atoms with Gasteiger partial charge in [0.25, 0.3) is 0 Å². The summed E-state index contributed by atoms with van der Waals surface area (Å²) in [5.74, 6) is 1.16. The fourth-order valence-electron chi connectivity index (χ4n) is 3.83. The van der Waals surface area contributed by atoms with Crippen LogP contribution in [0.25, 0.3) is 0 Å². The first-order chi connectivity index (χ1) is 13.2. The van der Waals surface area contributed by atoms with E-state index in [0.717, 1.165) is 76.0 Å². The smallest absolute Gasteiger partial charge is 0.331 e. The number of ether oxygens (including phenoxy) is 1. The summed E-state index contributed by atoms with van der Waals surface area (Å²) >= 11 is 0. The van der Waals surface area contributed by atoms with E-state index in [2.05, 4.69) is 17.4 Å². The van der Waals surface area contributed by atoms with E-state index in [1.165, 1.54) is 10.1 Å². The number of rotatable bonds is 11. The molecule has 0 fully saturated rings. The molecule has 148 valence electrons. The molecule has 0 saturated carbocycles. The zero-order valence-electron chi connectivity index (χ0n) is 16.2. The van der Waals surface area contributed by atoms with Crippen LogP contribution in [0.2, 0.25) is 0 Å². The van der Waals surface area contributed by atoms with Gasteiger partial charge in [-0.05, 0) is 69.7 Å². The normalized spacial score (nSPS) is 13.1. The molecule has 0 unspecified atom stereocenters. The number of benzene rings is 1. The molecule has 0 amide bonds. The summed E-state index contributed by atoms with van der Waals surface area (Å²) in [4.78, 5) is 12.2. The standard InChI is InChI=1S/C21H31N3O3/c1-27-19-12-3-2-9-17(19)10-4-5-13-22-14-6-7-15-24-20(25)18-11-8-16-23(18)21(24)26/h2-3,9,12,22,25H,4-8,10-11,13-16H2,1H3. The monoisotopic (exact) mass is 373 g/mol. The lowest BCUT2D eigenvalue weighted by molar-refractivity contribution is 0.400. The molecule has 0 saturated heterocycles. The molecule has 6 nitrogen and oxygen atoms in total. The van der Waals surface area contributed by atoms with E-state index in [1.807, 2.05) is 12.1 Å². The van der Waals surface area contributed by atoms with E-state index in [9.17, 15) is 9.90 Å². The SMILES string of the molecule is COc1ccccc1CCCCNCCCCn1c(O)c2n(c1=O)CCC2. The minimum absolute atomic E-state index is 0.0516. The molecule has 27 heavy (non-hydrogen) atoms. The third kappa shape index (κ3) is 4.75. The molecule has 0 atom stereocenters. The van der Waals surface area contributed by atoms with E-state index in [1.54, 1.807) is 11.7 Å². The molecule has 1 aromatic heterocycles. The van der Waals surface area contributed by atoms with Crippen molar-refractivity contribution in [2.24, 2.45) is 0 Å². The first kappa shape index (κ1) is 19.5. The Morgan fingerprint density at radius 2 is 1.93 bits per heavy atom. The largest absolute Gasteiger partial charge is 0.496 e. The van der Waals surface area contributed by atoms with Crippen molar-refractivity contribution >= 4 is 0 Å². The Hall–Kier alpha value is -2.21. The summed E-state index contributed by atoms with van der Waals surface area (Å²) in [5.41, 5.74) is 2.03. The van der Waals surface area contributed by atoms with Crippen molar-refractivity contribution in [3.8, 4) is 11.6 Å². The molecule has 0 aliphatic carbocycles. The highest BCUT2D eigenvalue weighted by Gasteiger charge is 2.22. The lowest BCUT2D eigenvalue weighted by Gasteiger charge is -2.08. The Bertz CT molecular complexity index is 794. The number of nitrogens with one attached hydrogen (secondary N) is 1. The van der Waals surface area contributed by atoms with Crippen LogP contribution in [0.4, 0.5) is 0 Å². The molecule has 2 heterocycles. The van der Waals surface area contributed by atoms with Crippen molar-refractivity contribution in [1.29, 1.82) is 0 Å². The Morgan fingerprint density at radius 3 is 2.70 bits per heavy atom. The number of aromatic hydroxyl groups is 1. The molecule has 2 aromatic rings. The van der Waals surface area contributed by atoms with Crippen molar-refractivity contribution < 1.29 is 9.84 Å². The third-order valence-electron chi connectivity index (χ3n) is 5.32. The number of fused-ring (bicyclic) bond motifs is 1. The molecule has 1 aromatic carbocycles. The summed E-state index contributed by atoms with van der Waals surface area (Å²) in [5, 5.41) is 13.6. The average Bonchev–Trinajstić information content (AvgIpc) is 3.26. The van der Waals surface area contributed by atoms with Gasteiger partial charge < -0.3 is 15.2 Å². The fraction of sp³-hybridized carbons (Fsp3) is 0.571. The number of aromatic nitrogens is 2. The molecular formula is C21H31N3O3. The average molecular weight is 373 g/mol. The van der Waals surface area contributed by atoms with Gasteiger partial charge >= 0.3 is 5.69 Å². The highest BCUT2D eigenvalue weighted by molar-refractivity contribution is 5.33. The molecule has 0 bridgehead atoms. The van der Waals surface area contributed by atoms with Gasteiger partial charge in [0.2, 0.25) is 5.88 Å². The van der Waals surface area contributed by atoms with Crippen LogP contribution >= 0.6 is 0 Å². The first-order valence-corrected chi connectivity index (χ1v) is 10.1. The van der Waals surface area contributed by atoms with Crippen molar-refractivity contribution in [2.75, 3.05) is 20.2 Å². The van der Waals surface area contributed by atoms with E-state index in [0.29, 0.717) is 6.54 Å². The number of para-hydroxylation sites is 1. The molecule has 0 spiro atoms. The van der Waals surface area contributed by atoms with Crippen LogP contribution in [0.3, 0.4) is 0 Å². The summed E-state index contributed by atoms with van der Waals surface area (Å²) < 4.78 is 8.63. The number of methoxy groups -OCH3 is 1. The maximum atomic E-state index is 12.2. The van der Waals surface area contributed by atoms with Gasteiger partial charge in [-0.3, -0.25) is 9.13 Å². The van der Waals surface area contributed by atoms with Gasteiger partial charge in [-0.1, -0.05) is 18.2 Å². The maximum absolute atomic E-state index is 12.2.